The van der Waals surface area contributed by atoms with Crippen molar-refractivity contribution in [3.05, 3.63) is 65.4 Å². The summed E-state index contributed by atoms with van der Waals surface area (Å²) in [5.74, 6) is 0.184. The van der Waals surface area contributed by atoms with Gasteiger partial charge < -0.3 is 14.6 Å². The van der Waals surface area contributed by atoms with Crippen LogP contribution in [0.5, 0.6) is 5.75 Å². The Kier molecular flexibility index (Phi) is 5.31. The minimum Gasteiger partial charge on any atom is -0.496 e. The summed E-state index contributed by atoms with van der Waals surface area (Å²) in [4.78, 5) is 17.9. The Morgan fingerprint density at radius 3 is 2.80 bits per heavy atom. The van der Waals surface area contributed by atoms with E-state index in [1.54, 1.807) is 24.4 Å². The molecule has 0 aliphatic heterocycles. The summed E-state index contributed by atoms with van der Waals surface area (Å²) in [5.41, 5.74) is 1.08. The van der Waals surface area contributed by atoms with Crippen LogP contribution in [0.25, 0.3) is 0 Å². The van der Waals surface area contributed by atoms with Crippen LogP contribution in [-0.2, 0) is 7.05 Å². The molecule has 1 aromatic heterocycles. The van der Waals surface area contributed by atoms with Gasteiger partial charge in [-0.1, -0.05) is 23.7 Å². The van der Waals surface area contributed by atoms with Crippen LogP contribution in [0.3, 0.4) is 0 Å². The van der Waals surface area contributed by atoms with Gasteiger partial charge in [-0.2, -0.15) is 0 Å². The number of carbonyl (C=O) groups excluding carboxylic acids is 1. The molecular weight excluding hydrogens is 358 g/mol. The fourth-order valence-electron chi connectivity index (χ4n) is 2.25. The summed E-state index contributed by atoms with van der Waals surface area (Å²) in [6.07, 6.45) is 3.61. The Morgan fingerprint density at radius 1 is 1.28 bits per heavy atom. The van der Waals surface area contributed by atoms with Crippen LogP contribution in [-0.4, -0.2) is 22.6 Å². The molecule has 1 heterocycles. The molecule has 7 heteroatoms. The number of aromatic nitrogens is 2. The smallest absolute Gasteiger partial charge is 0.259 e. The third-order valence-electron chi connectivity index (χ3n) is 3.52. The van der Waals surface area contributed by atoms with Crippen molar-refractivity contribution in [2.75, 3.05) is 12.4 Å². The summed E-state index contributed by atoms with van der Waals surface area (Å²) < 4.78 is 7.17. The molecule has 0 bridgehead atoms. The molecule has 0 saturated carbocycles. The molecule has 3 aromatic rings. The number of ether oxygens (including phenoxy) is 1. The number of hydrogen-bond acceptors (Lipinski definition) is 4. The zero-order chi connectivity index (χ0) is 17.8. The minimum atomic E-state index is -0.285. The van der Waals surface area contributed by atoms with Crippen molar-refractivity contribution >= 4 is 35.0 Å². The minimum absolute atomic E-state index is 0.285. The maximum Gasteiger partial charge on any atom is 0.259 e. The van der Waals surface area contributed by atoms with E-state index in [0.29, 0.717) is 22.0 Å². The highest BCUT2D eigenvalue weighted by molar-refractivity contribution is 7.99. The van der Waals surface area contributed by atoms with Crippen LogP contribution in [0.1, 0.15) is 10.4 Å². The van der Waals surface area contributed by atoms with Crippen LogP contribution in [0, 0.1) is 0 Å². The molecule has 0 saturated heterocycles. The Balaban J connectivity index is 1.87. The first-order valence-electron chi connectivity index (χ1n) is 7.47. The van der Waals surface area contributed by atoms with Crippen molar-refractivity contribution in [2.45, 2.75) is 10.1 Å². The lowest BCUT2D eigenvalue weighted by atomic mass is 10.2. The fraction of sp³-hybridized carbons (Fsp3) is 0.111. The van der Waals surface area contributed by atoms with Crippen LogP contribution in [0.2, 0.25) is 5.02 Å². The van der Waals surface area contributed by atoms with E-state index in [4.69, 9.17) is 16.3 Å². The predicted octanol–water partition coefficient (Wildman–Crippen LogP) is 4.49. The van der Waals surface area contributed by atoms with Gasteiger partial charge in [0, 0.05) is 29.4 Å². The highest BCUT2D eigenvalue weighted by atomic mass is 35.5. The van der Waals surface area contributed by atoms with Crippen LogP contribution < -0.4 is 10.1 Å². The maximum absolute atomic E-state index is 12.7. The van der Waals surface area contributed by atoms with E-state index in [1.807, 2.05) is 42.1 Å². The van der Waals surface area contributed by atoms with E-state index in [2.05, 4.69) is 10.3 Å². The van der Waals surface area contributed by atoms with Crippen molar-refractivity contribution in [2.24, 2.45) is 7.05 Å². The molecule has 0 atom stereocenters. The lowest BCUT2D eigenvalue weighted by molar-refractivity contribution is 0.102. The van der Waals surface area contributed by atoms with Crippen molar-refractivity contribution in [3.8, 4) is 5.75 Å². The number of halogens is 1. The van der Waals surface area contributed by atoms with Crippen LogP contribution >= 0.6 is 23.4 Å². The van der Waals surface area contributed by atoms with Crippen LogP contribution in [0.15, 0.2) is 64.9 Å². The molecule has 0 aliphatic rings. The molecular formula is C18H16ClN3O2S. The SMILES string of the molecule is COc1ccc(Cl)cc1C(=O)Nc1ccccc1Sc1nccn1C. The summed E-state index contributed by atoms with van der Waals surface area (Å²) in [7, 11) is 3.44. The predicted molar refractivity (Wildman–Crippen MR) is 99.7 cm³/mol. The number of imidazole rings is 1. The summed E-state index contributed by atoms with van der Waals surface area (Å²) in [5, 5.41) is 4.23. The van der Waals surface area contributed by atoms with Gasteiger partial charge in [0.15, 0.2) is 5.16 Å². The molecule has 0 unspecified atom stereocenters. The molecule has 3 rings (SSSR count). The molecule has 0 radical (unpaired) electrons. The molecule has 0 aliphatic carbocycles. The number of nitrogens with one attached hydrogen (secondary N) is 1. The number of carbonyl (C=O) groups is 1. The Morgan fingerprint density at radius 2 is 2.08 bits per heavy atom. The van der Waals surface area contributed by atoms with Gasteiger partial charge in [-0.05, 0) is 42.1 Å². The number of aryl methyl sites for hydroxylation is 1. The van der Waals surface area contributed by atoms with Gasteiger partial charge in [0.25, 0.3) is 5.91 Å². The zero-order valence-corrected chi connectivity index (χ0v) is 15.3. The van der Waals surface area contributed by atoms with Gasteiger partial charge in [0.05, 0.1) is 18.4 Å². The number of para-hydroxylation sites is 1. The standard InChI is InChI=1S/C18H16ClN3O2S/c1-22-10-9-20-18(22)25-16-6-4-3-5-14(16)21-17(23)13-11-12(19)7-8-15(13)24-2/h3-11H,1-2H3,(H,21,23). The molecule has 5 nitrogen and oxygen atoms in total. The molecule has 128 valence electrons. The molecule has 0 fully saturated rings. The lowest BCUT2D eigenvalue weighted by Crippen LogP contribution is -2.13. The van der Waals surface area contributed by atoms with E-state index in [-0.39, 0.29) is 5.91 Å². The van der Waals surface area contributed by atoms with Crippen molar-refractivity contribution in [1.82, 2.24) is 9.55 Å². The Labute approximate surface area is 155 Å². The highest BCUT2D eigenvalue weighted by Gasteiger charge is 2.15. The van der Waals surface area contributed by atoms with Gasteiger partial charge in [-0.25, -0.2) is 4.98 Å². The van der Waals surface area contributed by atoms with Crippen molar-refractivity contribution in [1.29, 1.82) is 0 Å². The topological polar surface area (TPSA) is 56.1 Å². The van der Waals surface area contributed by atoms with Gasteiger partial charge in [0.2, 0.25) is 0 Å². The largest absolute Gasteiger partial charge is 0.496 e. The molecule has 1 N–H and O–H groups in total. The normalized spacial score (nSPS) is 10.5. The molecule has 25 heavy (non-hydrogen) atoms. The summed E-state index contributed by atoms with van der Waals surface area (Å²) in [6.45, 7) is 0. The molecule has 2 aromatic carbocycles. The third kappa shape index (κ3) is 3.97. The van der Waals surface area contributed by atoms with Gasteiger partial charge in [0.1, 0.15) is 5.75 Å². The zero-order valence-electron chi connectivity index (χ0n) is 13.7. The monoisotopic (exact) mass is 373 g/mol. The Hall–Kier alpha value is -2.44. The number of anilines is 1. The molecule has 1 amide bonds. The summed E-state index contributed by atoms with van der Waals surface area (Å²) >= 11 is 7.49. The van der Waals surface area contributed by atoms with E-state index >= 15 is 0 Å². The Bertz CT molecular complexity index is 911. The number of benzene rings is 2. The second-order valence-corrected chi connectivity index (χ2v) is 6.66. The van der Waals surface area contributed by atoms with Gasteiger partial charge >= 0.3 is 0 Å². The van der Waals surface area contributed by atoms with Crippen molar-refractivity contribution < 1.29 is 9.53 Å². The maximum atomic E-state index is 12.7. The third-order valence-corrected chi connectivity index (χ3v) is 4.91. The number of rotatable bonds is 5. The highest BCUT2D eigenvalue weighted by Crippen LogP contribution is 2.33. The summed E-state index contributed by atoms with van der Waals surface area (Å²) in [6, 6.07) is 12.5. The average Bonchev–Trinajstić information content (AvgIpc) is 3.01. The average molecular weight is 374 g/mol. The first-order chi connectivity index (χ1) is 12.1. The van der Waals surface area contributed by atoms with Gasteiger partial charge in [-0.3, -0.25) is 4.79 Å². The van der Waals surface area contributed by atoms with Crippen molar-refractivity contribution in [3.63, 3.8) is 0 Å². The number of nitrogens with zero attached hydrogens (tertiary/aromatic N) is 2. The fourth-order valence-corrected chi connectivity index (χ4v) is 3.32. The number of methoxy groups -OCH3 is 1. The first-order valence-corrected chi connectivity index (χ1v) is 8.67. The second kappa shape index (κ2) is 7.63. The first kappa shape index (κ1) is 17.4. The quantitative estimate of drug-likeness (QED) is 0.716. The molecule has 0 spiro atoms. The number of amides is 1. The van der Waals surface area contributed by atoms with E-state index in [1.165, 1.54) is 18.9 Å². The van der Waals surface area contributed by atoms with E-state index < -0.39 is 0 Å². The van der Waals surface area contributed by atoms with Crippen LogP contribution in [0.4, 0.5) is 5.69 Å². The van der Waals surface area contributed by atoms with E-state index in [9.17, 15) is 4.79 Å². The van der Waals surface area contributed by atoms with Gasteiger partial charge in [-0.15, -0.1) is 0 Å². The lowest BCUT2D eigenvalue weighted by Gasteiger charge is -2.12. The number of hydrogen-bond donors (Lipinski definition) is 1. The van der Waals surface area contributed by atoms with E-state index in [0.717, 1.165) is 10.1 Å². The second-order valence-electron chi connectivity index (χ2n) is 5.22.